The number of carbonyl (C=O) groups is 1. The minimum absolute atomic E-state index is 0.0139. The lowest BCUT2D eigenvalue weighted by Crippen LogP contribution is -2.30. The smallest absolute Gasteiger partial charge is 0.407 e. The van der Waals surface area contributed by atoms with Crippen molar-refractivity contribution in [3.05, 3.63) is 83.4 Å². The predicted molar refractivity (Wildman–Crippen MR) is 131 cm³/mol. The van der Waals surface area contributed by atoms with Crippen LogP contribution in [0.3, 0.4) is 0 Å². The lowest BCUT2D eigenvalue weighted by atomic mass is 9.98. The summed E-state index contributed by atoms with van der Waals surface area (Å²) >= 11 is 0. The van der Waals surface area contributed by atoms with Crippen molar-refractivity contribution in [1.29, 1.82) is 0 Å². The molecule has 2 aliphatic rings. The molecule has 2 unspecified atom stereocenters. The van der Waals surface area contributed by atoms with E-state index in [-0.39, 0.29) is 25.5 Å². The van der Waals surface area contributed by atoms with Gasteiger partial charge in [-0.3, -0.25) is 0 Å². The fraction of sp³-hybridized carbons (Fsp3) is 0.321. The van der Waals surface area contributed by atoms with Crippen LogP contribution in [0, 0.1) is 0 Å². The standard InChI is InChI=1S/C28H29NO6/c30-24(27(31)18-10-11-25-26(16-18)34-15-5-14-33-25)12-13-29-28(32)35-17-23-21-8-3-1-6-19(21)20-7-2-4-9-22(20)23/h1-4,6-11,16,23-24,27,30-31H,5,12-15,17H2,(H,29,32). The van der Waals surface area contributed by atoms with E-state index in [1.54, 1.807) is 18.2 Å². The summed E-state index contributed by atoms with van der Waals surface area (Å²) in [4.78, 5) is 12.3. The fourth-order valence-electron chi connectivity index (χ4n) is 4.72. The average molecular weight is 476 g/mol. The number of amides is 1. The van der Waals surface area contributed by atoms with Crippen LogP contribution in [-0.2, 0) is 4.74 Å². The second kappa shape index (κ2) is 10.4. The van der Waals surface area contributed by atoms with Crippen molar-refractivity contribution >= 4 is 6.09 Å². The van der Waals surface area contributed by atoms with Gasteiger partial charge in [-0.2, -0.15) is 0 Å². The molecule has 7 nitrogen and oxygen atoms in total. The van der Waals surface area contributed by atoms with Gasteiger partial charge in [0.1, 0.15) is 12.7 Å². The van der Waals surface area contributed by atoms with Crippen LogP contribution in [0.25, 0.3) is 11.1 Å². The third kappa shape index (κ3) is 4.97. The normalized spacial score (nSPS) is 15.9. The zero-order valence-corrected chi connectivity index (χ0v) is 19.4. The number of fused-ring (bicyclic) bond motifs is 4. The molecule has 3 aromatic rings. The van der Waals surface area contributed by atoms with E-state index in [4.69, 9.17) is 14.2 Å². The number of aliphatic hydroxyl groups is 2. The highest BCUT2D eigenvalue weighted by molar-refractivity contribution is 5.79. The second-order valence-corrected chi connectivity index (χ2v) is 8.81. The molecular formula is C28H29NO6. The number of ether oxygens (including phenoxy) is 3. The van der Waals surface area contributed by atoms with E-state index in [9.17, 15) is 15.0 Å². The highest BCUT2D eigenvalue weighted by Gasteiger charge is 2.29. The van der Waals surface area contributed by atoms with E-state index >= 15 is 0 Å². The molecule has 3 aromatic carbocycles. The Morgan fingerprint density at radius 3 is 2.31 bits per heavy atom. The molecule has 0 saturated heterocycles. The van der Waals surface area contributed by atoms with Gasteiger partial charge in [-0.15, -0.1) is 0 Å². The van der Waals surface area contributed by atoms with Crippen molar-refractivity contribution in [2.75, 3.05) is 26.4 Å². The Morgan fingerprint density at radius 1 is 0.943 bits per heavy atom. The van der Waals surface area contributed by atoms with Crippen LogP contribution in [-0.4, -0.2) is 48.8 Å². The van der Waals surface area contributed by atoms with E-state index in [1.165, 1.54) is 11.1 Å². The number of hydrogen-bond acceptors (Lipinski definition) is 6. The van der Waals surface area contributed by atoms with Gasteiger partial charge in [0, 0.05) is 18.9 Å². The number of benzene rings is 3. The van der Waals surface area contributed by atoms with Gasteiger partial charge >= 0.3 is 6.09 Å². The van der Waals surface area contributed by atoms with Crippen LogP contribution in [0.5, 0.6) is 11.5 Å². The molecule has 0 aromatic heterocycles. The maximum Gasteiger partial charge on any atom is 0.407 e. The van der Waals surface area contributed by atoms with Gasteiger partial charge in [-0.25, -0.2) is 4.79 Å². The molecule has 1 aliphatic carbocycles. The third-order valence-corrected chi connectivity index (χ3v) is 6.53. The van der Waals surface area contributed by atoms with Crippen LogP contribution in [0.15, 0.2) is 66.7 Å². The molecule has 1 aliphatic heterocycles. The van der Waals surface area contributed by atoms with Crippen LogP contribution in [0.1, 0.15) is 41.6 Å². The number of aliphatic hydroxyl groups excluding tert-OH is 2. The molecule has 0 radical (unpaired) electrons. The molecule has 182 valence electrons. The summed E-state index contributed by atoms with van der Waals surface area (Å²) in [6.07, 6.45) is -1.77. The first kappa shape index (κ1) is 23.2. The van der Waals surface area contributed by atoms with Crippen LogP contribution >= 0.6 is 0 Å². The quantitative estimate of drug-likeness (QED) is 0.475. The van der Waals surface area contributed by atoms with Crippen molar-refractivity contribution in [3.63, 3.8) is 0 Å². The van der Waals surface area contributed by atoms with Gasteiger partial charge in [-0.05, 0) is 46.4 Å². The van der Waals surface area contributed by atoms with Gasteiger partial charge in [0.25, 0.3) is 0 Å². The van der Waals surface area contributed by atoms with Gasteiger partial charge < -0.3 is 29.7 Å². The highest BCUT2D eigenvalue weighted by Crippen LogP contribution is 2.44. The molecular weight excluding hydrogens is 446 g/mol. The molecule has 5 rings (SSSR count). The maximum absolute atomic E-state index is 12.3. The van der Waals surface area contributed by atoms with E-state index in [0.717, 1.165) is 17.5 Å². The Hall–Kier alpha value is -3.55. The number of alkyl carbamates (subject to hydrolysis) is 1. The van der Waals surface area contributed by atoms with Crippen molar-refractivity contribution in [1.82, 2.24) is 5.32 Å². The summed E-state index contributed by atoms with van der Waals surface area (Å²) in [5.74, 6) is 1.17. The molecule has 0 spiro atoms. The molecule has 0 fully saturated rings. The SMILES string of the molecule is O=C(NCCC(O)C(O)c1ccc2c(c1)OCCCO2)OCC1c2ccccc2-c2ccccc21. The molecule has 3 N–H and O–H groups in total. The molecule has 1 amide bonds. The highest BCUT2D eigenvalue weighted by atomic mass is 16.5. The Morgan fingerprint density at radius 2 is 1.60 bits per heavy atom. The molecule has 1 heterocycles. The summed E-state index contributed by atoms with van der Waals surface area (Å²) in [5, 5.41) is 23.7. The van der Waals surface area contributed by atoms with E-state index in [2.05, 4.69) is 29.6 Å². The van der Waals surface area contributed by atoms with Crippen LogP contribution in [0.4, 0.5) is 4.79 Å². The Balaban J connectivity index is 1.12. The molecule has 7 heteroatoms. The summed E-state index contributed by atoms with van der Waals surface area (Å²) in [5.41, 5.74) is 5.17. The zero-order valence-electron chi connectivity index (χ0n) is 19.4. The molecule has 0 saturated carbocycles. The van der Waals surface area contributed by atoms with Crippen LogP contribution in [0.2, 0.25) is 0 Å². The second-order valence-electron chi connectivity index (χ2n) is 8.81. The van der Waals surface area contributed by atoms with Gasteiger partial charge in [-0.1, -0.05) is 54.6 Å². The molecule has 2 atom stereocenters. The van der Waals surface area contributed by atoms with Crippen molar-refractivity contribution in [2.24, 2.45) is 0 Å². The molecule has 0 bridgehead atoms. The largest absolute Gasteiger partial charge is 0.490 e. The zero-order chi connectivity index (χ0) is 24.2. The monoisotopic (exact) mass is 475 g/mol. The summed E-state index contributed by atoms with van der Waals surface area (Å²) in [6.45, 7) is 1.51. The first-order valence-electron chi connectivity index (χ1n) is 12.0. The lowest BCUT2D eigenvalue weighted by Gasteiger charge is -2.20. The first-order chi connectivity index (χ1) is 17.1. The van der Waals surface area contributed by atoms with Crippen molar-refractivity contribution in [3.8, 4) is 22.6 Å². The van der Waals surface area contributed by atoms with Gasteiger partial charge in [0.05, 0.1) is 19.3 Å². The topological polar surface area (TPSA) is 97.3 Å². The third-order valence-electron chi connectivity index (χ3n) is 6.53. The summed E-state index contributed by atoms with van der Waals surface area (Å²) in [7, 11) is 0. The Labute approximate surface area is 204 Å². The lowest BCUT2D eigenvalue weighted by molar-refractivity contribution is 0.0135. The van der Waals surface area contributed by atoms with Gasteiger partial charge in [0.15, 0.2) is 11.5 Å². The number of carbonyl (C=O) groups excluding carboxylic acids is 1. The number of nitrogens with one attached hydrogen (secondary N) is 1. The van der Waals surface area contributed by atoms with E-state index in [1.807, 2.05) is 24.3 Å². The maximum atomic E-state index is 12.3. The van der Waals surface area contributed by atoms with E-state index in [0.29, 0.717) is 30.3 Å². The van der Waals surface area contributed by atoms with Crippen LogP contribution < -0.4 is 14.8 Å². The minimum atomic E-state index is -1.11. The van der Waals surface area contributed by atoms with Crippen molar-refractivity contribution < 1.29 is 29.2 Å². The van der Waals surface area contributed by atoms with E-state index < -0.39 is 18.3 Å². The predicted octanol–water partition coefficient (Wildman–Crippen LogP) is 4.17. The Bertz CT molecular complexity index is 1150. The summed E-state index contributed by atoms with van der Waals surface area (Å²) in [6, 6.07) is 21.5. The average Bonchev–Trinajstić information content (AvgIpc) is 3.02. The summed E-state index contributed by atoms with van der Waals surface area (Å²) < 4.78 is 16.8. The fourth-order valence-corrected chi connectivity index (χ4v) is 4.72. The van der Waals surface area contributed by atoms with Crippen molar-refractivity contribution in [2.45, 2.75) is 31.0 Å². The minimum Gasteiger partial charge on any atom is -0.490 e. The number of hydrogen-bond donors (Lipinski definition) is 3. The molecule has 35 heavy (non-hydrogen) atoms. The Kier molecular flexibility index (Phi) is 6.88. The first-order valence-corrected chi connectivity index (χ1v) is 12.0. The number of rotatable bonds is 7. The van der Waals surface area contributed by atoms with Gasteiger partial charge in [0.2, 0.25) is 0 Å².